The van der Waals surface area contributed by atoms with Crippen molar-refractivity contribution in [1.29, 1.82) is 0 Å². The zero-order valence-corrected chi connectivity index (χ0v) is 25.8. The molecule has 228 valence electrons. The first kappa shape index (κ1) is 36.3. The van der Waals surface area contributed by atoms with Crippen LogP contribution in [0, 0.1) is 11.8 Å². The van der Waals surface area contributed by atoms with Gasteiger partial charge < -0.3 is 9.84 Å². The summed E-state index contributed by atoms with van der Waals surface area (Å²) in [5.41, 5.74) is -0.0724. The highest BCUT2D eigenvalue weighted by molar-refractivity contribution is 5.92. The number of hydrogen-bond donors (Lipinski definition) is 1. The Hall–Kier alpha value is -3.73. The van der Waals surface area contributed by atoms with Crippen LogP contribution in [-0.4, -0.2) is 22.8 Å². The molecule has 0 aliphatic heterocycles. The third kappa shape index (κ3) is 18.6. The molecule has 1 unspecified atom stereocenters. The lowest BCUT2D eigenvalue weighted by atomic mass is 9.91. The Labute approximate surface area is 253 Å². The second-order valence-electron chi connectivity index (χ2n) is 10.6. The maximum Gasteiger partial charge on any atom is 0.339 e. The van der Waals surface area contributed by atoms with Gasteiger partial charge in [0, 0.05) is 12.8 Å². The molecular weight excluding hydrogens is 524 g/mol. The van der Waals surface area contributed by atoms with E-state index in [9.17, 15) is 19.5 Å². The number of carbonyl (C=O) groups excluding carboxylic acids is 2. The maximum atomic E-state index is 12.8. The molecule has 1 aromatic rings. The van der Waals surface area contributed by atoms with Gasteiger partial charge in [0.15, 0.2) is 0 Å². The summed E-state index contributed by atoms with van der Waals surface area (Å²) in [6.45, 7) is 6.11. The molecule has 0 aliphatic rings. The van der Waals surface area contributed by atoms with Gasteiger partial charge in [-0.15, -0.1) is 0 Å². The standard InChI is InChI=1S/C37H50O5/c1-4-5-6-7-8-9-10-11-12-13-14-15-16-17-18-19-20-21-22-23-26-33(38)30-32(29-31(2)3)37(41)42-35-28-25-24-27-34(35)36(39)40/h5-6,8-9,11-12,14-15,17-18,20-21,24-25,27-28,31-32H,4,7,10,13,16,19,22-23,26,29-30H2,1-3H3,(H,39,40)/b6-5-,9-8-,12-11-,15-14-,18-17-,21-20-. The van der Waals surface area contributed by atoms with E-state index in [1.54, 1.807) is 12.1 Å². The van der Waals surface area contributed by atoms with Crippen molar-refractivity contribution in [3.8, 4) is 5.75 Å². The highest BCUT2D eigenvalue weighted by atomic mass is 16.5. The number of Topliss-reactive ketones (excluding diaryl/α,β-unsaturated/α-hetero) is 1. The fourth-order valence-electron chi connectivity index (χ4n) is 4.19. The van der Waals surface area contributed by atoms with Gasteiger partial charge in [-0.3, -0.25) is 9.59 Å². The summed E-state index contributed by atoms with van der Waals surface area (Å²) in [7, 11) is 0. The Morgan fingerprint density at radius 2 is 1.26 bits per heavy atom. The molecule has 1 atom stereocenters. The minimum atomic E-state index is -1.16. The first-order valence-electron chi connectivity index (χ1n) is 15.3. The van der Waals surface area contributed by atoms with Gasteiger partial charge >= 0.3 is 11.9 Å². The summed E-state index contributed by atoms with van der Waals surface area (Å²) < 4.78 is 5.42. The first-order valence-corrected chi connectivity index (χ1v) is 15.3. The number of carbonyl (C=O) groups is 3. The predicted octanol–water partition coefficient (Wildman–Crippen LogP) is 9.78. The summed E-state index contributed by atoms with van der Waals surface area (Å²) in [5, 5.41) is 9.34. The Morgan fingerprint density at radius 1 is 0.762 bits per heavy atom. The molecule has 0 saturated heterocycles. The molecule has 0 spiro atoms. The molecule has 0 radical (unpaired) electrons. The van der Waals surface area contributed by atoms with Crippen molar-refractivity contribution >= 4 is 17.7 Å². The van der Waals surface area contributed by atoms with Crippen molar-refractivity contribution in [1.82, 2.24) is 0 Å². The molecule has 1 rings (SSSR count). The fraction of sp³-hybridized carbons (Fsp3) is 0.432. The maximum absolute atomic E-state index is 12.8. The van der Waals surface area contributed by atoms with Crippen LogP contribution in [0.5, 0.6) is 5.75 Å². The number of esters is 1. The molecule has 0 bridgehead atoms. The lowest BCUT2D eigenvalue weighted by Crippen LogP contribution is -2.25. The van der Waals surface area contributed by atoms with Gasteiger partial charge in [0.25, 0.3) is 0 Å². The topological polar surface area (TPSA) is 80.7 Å². The number of para-hydroxylation sites is 1. The third-order valence-corrected chi connectivity index (χ3v) is 6.31. The van der Waals surface area contributed by atoms with E-state index in [0.717, 1.165) is 51.4 Å². The van der Waals surface area contributed by atoms with Crippen LogP contribution in [0.2, 0.25) is 0 Å². The van der Waals surface area contributed by atoms with E-state index in [4.69, 9.17) is 4.74 Å². The molecule has 0 aliphatic carbocycles. The minimum Gasteiger partial charge on any atom is -0.478 e. The quantitative estimate of drug-likeness (QED) is 0.0645. The van der Waals surface area contributed by atoms with Gasteiger partial charge in [-0.2, -0.15) is 0 Å². The number of carboxylic acid groups (broad SMARTS) is 1. The monoisotopic (exact) mass is 574 g/mol. The molecule has 1 aromatic carbocycles. The van der Waals surface area contributed by atoms with Crippen LogP contribution >= 0.6 is 0 Å². The third-order valence-electron chi connectivity index (χ3n) is 6.31. The van der Waals surface area contributed by atoms with Crippen molar-refractivity contribution in [3.63, 3.8) is 0 Å². The summed E-state index contributed by atoms with van der Waals surface area (Å²) in [5.74, 6) is -2.08. The Bertz CT molecular complexity index is 1100. The summed E-state index contributed by atoms with van der Waals surface area (Å²) in [6.07, 6.45) is 34.4. The van der Waals surface area contributed by atoms with Crippen LogP contribution in [0.25, 0.3) is 0 Å². The van der Waals surface area contributed by atoms with Crippen molar-refractivity contribution in [2.24, 2.45) is 11.8 Å². The van der Waals surface area contributed by atoms with E-state index in [2.05, 4.69) is 79.8 Å². The van der Waals surface area contributed by atoms with E-state index >= 15 is 0 Å². The summed E-state index contributed by atoms with van der Waals surface area (Å²) in [4.78, 5) is 36.8. The van der Waals surface area contributed by atoms with Crippen LogP contribution in [0.15, 0.2) is 97.2 Å². The zero-order valence-electron chi connectivity index (χ0n) is 25.8. The van der Waals surface area contributed by atoms with E-state index in [0.29, 0.717) is 12.8 Å². The van der Waals surface area contributed by atoms with Crippen molar-refractivity contribution in [2.45, 2.75) is 91.4 Å². The lowest BCUT2D eigenvalue weighted by molar-refractivity contribution is -0.141. The number of unbranched alkanes of at least 4 members (excludes halogenated alkanes) is 1. The van der Waals surface area contributed by atoms with Crippen LogP contribution in [0.4, 0.5) is 0 Å². The van der Waals surface area contributed by atoms with Gasteiger partial charge in [0.1, 0.15) is 17.1 Å². The van der Waals surface area contributed by atoms with Gasteiger partial charge in [-0.1, -0.05) is 106 Å². The summed E-state index contributed by atoms with van der Waals surface area (Å²) in [6, 6.07) is 6.05. The molecule has 0 saturated carbocycles. The average molecular weight is 575 g/mol. The minimum absolute atomic E-state index is 0.00820. The number of ether oxygens (including phenoxy) is 1. The van der Waals surface area contributed by atoms with Crippen molar-refractivity contribution < 1.29 is 24.2 Å². The zero-order chi connectivity index (χ0) is 30.8. The van der Waals surface area contributed by atoms with Crippen LogP contribution in [-0.2, 0) is 9.59 Å². The second kappa shape index (κ2) is 23.9. The number of ketones is 1. The smallest absolute Gasteiger partial charge is 0.339 e. The van der Waals surface area contributed by atoms with Gasteiger partial charge in [0.2, 0.25) is 0 Å². The molecule has 1 N–H and O–H groups in total. The van der Waals surface area contributed by atoms with Crippen LogP contribution in [0.3, 0.4) is 0 Å². The van der Waals surface area contributed by atoms with Gasteiger partial charge in [0.05, 0.1) is 5.92 Å². The fourth-order valence-corrected chi connectivity index (χ4v) is 4.19. The average Bonchev–Trinajstić information content (AvgIpc) is 2.95. The lowest BCUT2D eigenvalue weighted by Gasteiger charge is -2.18. The Morgan fingerprint density at radius 3 is 1.76 bits per heavy atom. The number of rotatable bonds is 22. The number of allylic oxidation sites excluding steroid dienone is 12. The molecule has 5 nitrogen and oxygen atoms in total. The molecule has 0 aromatic heterocycles. The van der Waals surface area contributed by atoms with E-state index in [1.807, 2.05) is 13.8 Å². The largest absolute Gasteiger partial charge is 0.478 e. The van der Waals surface area contributed by atoms with Gasteiger partial charge in [-0.05, 0) is 75.8 Å². The number of hydrogen-bond acceptors (Lipinski definition) is 4. The van der Waals surface area contributed by atoms with Crippen LogP contribution in [0.1, 0.15) is 102 Å². The molecule has 42 heavy (non-hydrogen) atoms. The van der Waals surface area contributed by atoms with Crippen LogP contribution < -0.4 is 4.74 Å². The van der Waals surface area contributed by atoms with E-state index in [1.165, 1.54) is 12.1 Å². The number of carboxylic acids is 1. The predicted molar refractivity (Wildman–Crippen MR) is 174 cm³/mol. The second-order valence-corrected chi connectivity index (χ2v) is 10.6. The van der Waals surface area contributed by atoms with E-state index < -0.39 is 17.9 Å². The molecular formula is C37H50O5. The Balaban J connectivity index is 2.27. The van der Waals surface area contributed by atoms with Crippen molar-refractivity contribution in [2.75, 3.05) is 0 Å². The van der Waals surface area contributed by atoms with E-state index in [-0.39, 0.29) is 29.4 Å². The highest BCUT2D eigenvalue weighted by Gasteiger charge is 2.26. The molecule has 0 fully saturated rings. The molecule has 0 amide bonds. The normalized spacial score (nSPS) is 13.1. The van der Waals surface area contributed by atoms with Gasteiger partial charge in [-0.25, -0.2) is 4.79 Å². The number of aromatic carboxylic acids is 1. The summed E-state index contributed by atoms with van der Waals surface area (Å²) >= 11 is 0. The molecule has 5 heteroatoms. The highest BCUT2D eigenvalue weighted by Crippen LogP contribution is 2.24. The SMILES string of the molecule is CC/C=C\C/C=C\C/C=C\C/C=C\C/C=C\C/C=C\CCCC(=O)CC(CC(C)C)C(=O)Oc1ccccc1C(=O)O. The Kier molecular flexibility index (Phi) is 20.7. The number of benzene rings is 1. The first-order chi connectivity index (χ1) is 20.3. The van der Waals surface area contributed by atoms with Crippen molar-refractivity contribution in [3.05, 3.63) is 103 Å². The molecule has 0 heterocycles.